The van der Waals surface area contributed by atoms with Gasteiger partial charge in [0, 0.05) is 0 Å². The molecule has 0 aliphatic rings. The molecule has 0 saturated heterocycles. The van der Waals surface area contributed by atoms with Crippen molar-refractivity contribution in [2.75, 3.05) is 14.2 Å². The van der Waals surface area contributed by atoms with Crippen LogP contribution in [0, 0.1) is 0 Å². The number of hydrogen-bond donors (Lipinski definition) is 0. The number of carbonyl (C=O) groups is 2. The van der Waals surface area contributed by atoms with Crippen molar-refractivity contribution in [3.05, 3.63) is 0 Å². The number of methoxy groups -OCH3 is 2. The van der Waals surface area contributed by atoms with Crippen molar-refractivity contribution >= 4 is 28.1 Å². The van der Waals surface area contributed by atoms with Gasteiger partial charge in [0.2, 0.25) is 0 Å². The van der Waals surface area contributed by atoms with Crippen LogP contribution in [0.4, 0.5) is 0 Å². The van der Waals surface area contributed by atoms with Crippen molar-refractivity contribution in [3.8, 4) is 0 Å². The van der Waals surface area contributed by atoms with Gasteiger partial charge in [0.15, 0.2) is 0 Å². The summed E-state index contributed by atoms with van der Waals surface area (Å²) in [5.41, 5.74) is -0.664. The van der Waals surface area contributed by atoms with Crippen molar-refractivity contribution in [1.29, 1.82) is 0 Å². The molecule has 0 aromatic carbocycles. The minimum Gasteiger partial charge on any atom is -0.469 e. The molecular weight excluding hydrogens is 264 g/mol. The fraction of sp³-hybridized carbons (Fsp3) is 0.833. The molecule has 0 aromatic rings. The Kier molecular flexibility index (Phi) is 5.80. The van der Waals surface area contributed by atoms with Gasteiger partial charge in [0.05, 0.1) is 41.4 Å². The van der Waals surface area contributed by atoms with Gasteiger partial charge in [-0.2, -0.15) is 0 Å². The lowest BCUT2D eigenvalue weighted by Gasteiger charge is -2.38. The summed E-state index contributed by atoms with van der Waals surface area (Å²) in [6, 6.07) is 0. The van der Waals surface area contributed by atoms with Crippen LogP contribution in [0.3, 0.4) is 0 Å². The van der Waals surface area contributed by atoms with Gasteiger partial charge in [-0.1, -0.05) is 39.3 Å². The smallest absolute Gasteiger partial charge is 0.306 e. The first kappa shape index (κ1) is 17.4. The van der Waals surface area contributed by atoms with Crippen LogP contribution in [0.1, 0.15) is 0 Å². The molecule has 0 saturated carbocycles. The van der Waals surface area contributed by atoms with Crippen LogP contribution >= 0.6 is 0 Å². The second-order valence-electron chi connectivity index (χ2n) is 6.73. The van der Waals surface area contributed by atoms with Gasteiger partial charge in [-0.15, -0.1) is 0 Å². The summed E-state index contributed by atoms with van der Waals surface area (Å²) in [5, 5.41) is 0. The van der Waals surface area contributed by atoms with E-state index >= 15 is 0 Å². The first-order valence-electron chi connectivity index (χ1n) is 6.12. The summed E-state index contributed by atoms with van der Waals surface area (Å²) in [5.74, 6) is -0.543. The van der Waals surface area contributed by atoms with Crippen molar-refractivity contribution in [2.45, 2.75) is 50.4 Å². The molecule has 0 fully saturated rings. The van der Waals surface area contributed by atoms with E-state index in [1.54, 1.807) is 0 Å². The van der Waals surface area contributed by atoms with E-state index in [0.717, 1.165) is 0 Å². The van der Waals surface area contributed by atoms with Crippen LogP contribution in [-0.4, -0.2) is 42.3 Å². The Labute approximate surface area is 112 Å². The lowest BCUT2D eigenvalue weighted by atomic mass is 10.3. The molecule has 0 aliphatic heterocycles. The molecule has 0 bridgehead atoms. The molecule has 2 atom stereocenters. The highest BCUT2D eigenvalue weighted by Gasteiger charge is 2.49. The second-order valence-corrected chi connectivity index (χ2v) is 17.4. The quantitative estimate of drug-likeness (QED) is 0.577. The minimum atomic E-state index is -1.86. The molecule has 18 heavy (non-hydrogen) atoms. The lowest BCUT2D eigenvalue weighted by Crippen LogP contribution is -2.48. The zero-order valence-corrected chi connectivity index (χ0v) is 14.8. The van der Waals surface area contributed by atoms with Crippen LogP contribution < -0.4 is 0 Å². The zero-order valence-electron chi connectivity index (χ0n) is 12.8. The highest BCUT2D eigenvalue weighted by Crippen LogP contribution is 2.42. The molecule has 0 heterocycles. The normalized spacial score (nSPS) is 15.8. The molecule has 4 nitrogen and oxygen atoms in total. The summed E-state index contributed by atoms with van der Waals surface area (Å²) < 4.78 is 9.84. The minimum absolute atomic E-state index is 0.271. The third kappa shape index (κ3) is 4.24. The predicted molar refractivity (Wildman–Crippen MR) is 78.2 cm³/mol. The van der Waals surface area contributed by atoms with Crippen LogP contribution in [-0.2, 0) is 19.1 Å². The largest absolute Gasteiger partial charge is 0.469 e. The van der Waals surface area contributed by atoms with Gasteiger partial charge < -0.3 is 9.47 Å². The first-order chi connectivity index (χ1) is 7.96. The molecular formula is C12H26O4Si2. The summed E-state index contributed by atoms with van der Waals surface area (Å²) in [6.45, 7) is 12.5. The monoisotopic (exact) mass is 290 g/mol. The topological polar surface area (TPSA) is 52.6 Å². The second kappa shape index (κ2) is 6.01. The highest BCUT2D eigenvalue weighted by atomic mass is 28.3. The van der Waals surface area contributed by atoms with E-state index in [1.807, 2.05) is 0 Å². The van der Waals surface area contributed by atoms with E-state index < -0.39 is 16.1 Å². The molecule has 0 amide bonds. The molecule has 0 radical (unpaired) electrons. The molecule has 0 spiro atoms. The SMILES string of the molecule is COC(=O)[C@@H]([C@H](C(=O)OC)[Si](C)(C)C)[Si](C)(C)C. The molecule has 0 rings (SSSR count). The Balaban J connectivity index is 5.65. The van der Waals surface area contributed by atoms with E-state index in [4.69, 9.17) is 9.47 Å². The van der Waals surface area contributed by atoms with Crippen LogP contribution in [0.2, 0.25) is 50.4 Å². The van der Waals surface area contributed by atoms with Gasteiger partial charge in [0.1, 0.15) is 0 Å². The van der Waals surface area contributed by atoms with E-state index in [2.05, 4.69) is 39.3 Å². The summed E-state index contributed by atoms with van der Waals surface area (Å²) >= 11 is 0. The molecule has 0 aliphatic carbocycles. The molecule has 0 N–H and O–H groups in total. The zero-order chi connectivity index (χ0) is 14.7. The van der Waals surface area contributed by atoms with Crippen LogP contribution in [0.5, 0.6) is 0 Å². The molecule has 0 aromatic heterocycles. The average molecular weight is 291 g/mol. The third-order valence-electron chi connectivity index (χ3n) is 3.11. The number of ether oxygens (including phenoxy) is 2. The van der Waals surface area contributed by atoms with E-state index in [0.29, 0.717) is 0 Å². The maximum absolute atomic E-state index is 12.1. The van der Waals surface area contributed by atoms with Crippen molar-refractivity contribution in [1.82, 2.24) is 0 Å². The number of rotatable bonds is 5. The maximum atomic E-state index is 12.1. The van der Waals surface area contributed by atoms with Crippen molar-refractivity contribution in [3.63, 3.8) is 0 Å². The highest BCUT2D eigenvalue weighted by molar-refractivity contribution is 6.87. The third-order valence-corrected chi connectivity index (χ3v) is 8.31. The Hall–Kier alpha value is -0.626. The van der Waals surface area contributed by atoms with Crippen molar-refractivity contribution in [2.24, 2.45) is 0 Å². The summed E-state index contributed by atoms with van der Waals surface area (Å²) in [6.07, 6.45) is 0. The van der Waals surface area contributed by atoms with E-state index in [-0.39, 0.29) is 23.0 Å². The van der Waals surface area contributed by atoms with Gasteiger partial charge in [-0.05, 0) is 0 Å². The Morgan fingerprint density at radius 2 is 0.944 bits per heavy atom. The van der Waals surface area contributed by atoms with Gasteiger partial charge in [-0.3, -0.25) is 9.59 Å². The number of carbonyl (C=O) groups excluding carboxylic acids is 2. The number of hydrogen-bond acceptors (Lipinski definition) is 4. The average Bonchev–Trinajstić information content (AvgIpc) is 2.20. The first-order valence-corrected chi connectivity index (χ1v) is 13.3. The lowest BCUT2D eigenvalue weighted by molar-refractivity contribution is -0.147. The summed E-state index contributed by atoms with van der Waals surface area (Å²) in [4.78, 5) is 24.2. The van der Waals surface area contributed by atoms with Crippen LogP contribution in [0.25, 0.3) is 0 Å². The fourth-order valence-corrected chi connectivity index (χ4v) is 9.16. The van der Waals surface area contributed by atoms with Gasteiger partial charge in [0.25, 0.3) is 0 Å². The predicted octanol–water partition coefficient (Wildman–Crippen LogP) is 2.75. The molecule has 106 valence electrons. The standard InChI is InChI=1S/C12H26O4Si2/c1-15-11(13)9(17(3,4)5)10(12(14)16-2)18(6,7)8/h9-10H,1-8H3/t9-,10-/m1/s1. The Morgan fingerprint density at radius 1 is 0.722 bits per heavy atom. The van der Waals surface area contributed by atoms with Crippen LogP contribution in [0.15, 0.2) is 0 Å². The summed E-state index contributed by atoms with van der Waals surface area (Å²) in [7, 11) is -0.961. The molecule has 6 heteroatoms. The Morgan fingerprint density at radius 3 is 1.06 bits per heavy atom. The van der Waals surface area contributed by atoms with E-state index in [9.17, 15) is 9.59 Å². The maximum Gasteiger partial charge on any atom is 0.306 e. The van der Waals surface area contributed by atoms with Crippen molar-refractivity contribution < 1.29 is 19.1 Å². The van der Waals surface area contributed by atoms with Gasteiger partial charge in [-0.25, -0.2) is 0 Å². The molecule has 0 unspecified atom stereocenters. The fourth-order valence-electron chi connectivity index (χ4n) is 2.23. The van der Waals surface area contributed by atoms with E-state index in [1.165, 1.54) is 14.2 Å². The Bertz CT molecular complexity index is 283. The van der Waals surface area contributed by atoms with Gasteiger partial charge >= 0.3 is 11.9 Å². The number of esters is 2.